The number of aromatic nitrogens is 2. The van der Waals surface area contributed by atoms with E-state index in [2.05, 4.69) is 24.6 Å². The lowest BCUT2D eigenvalue weighted by Gasteiger charge is -2.16. The first kappa shape index (κ1) is 16.7. The van der Waals surface area contributed by atoms with Crippen LogP contribution in [0.2, 0.25) is 30.8 Å². The fourth-order valence-electron chi connectivity index (χ4n) is 1.98. The van der Waals surface area contributed by atoms with Gasteiger partial charge in [-0.1, -0.05) is 31.2 Å². The van der Waals surface area contributed by atoms with E-state index in [1.165, 1.54) is 6.07 Å². The van der Waals surface area contributed by atoms with Crippen molar-refractivity contribution < 1.29 is 9.13 Å². The largest absolute Gasteiger partial charge is 0.361 e. The number of halogens is 3. The van der Waals surface area contributed by atoms with Gasteiger partial charge in [-0.05, 0) is 12.1 Å². The van der Waals surface area contributed by atoms with E-state index in [9.17, 15) is 4.39 Å². The number of ether oxygens (including phenoxy) is 1. The highest BCUT2D eigenvalue weighted by molar-refractivity contribution is 6.76. The Balaban J connectivity index is 2.19. The third-order valence-electron chi connectivity index (χ3n) is 3.24. The highest BCUT2D eigenvalue weighted by Crippen LogP contribution is 2.24. The molecule has 116 valence electrons. The molecule has 3 nitrogen and oxygen atoms in total. The number of fused-ring (bicyclic) bond motifs is 1. The third kappa shape index (κ3) is 4.19. The molecule has 2 aromatic rings. The maximum absolute atomic E-state index is 13.6. The Morgan fingerprint density at radius 3 is 2.67 bits per heavy atom. The quantitative estimate of drug-likeness (QED) is 0.322. The van der Waals surface area contributed by atoms with Crippen molar-refractivity contribution in [1.82, 2.24) is 9.55 Å². The standard InChI is InChI=1S/C14H19Cl2FN2OSi/c1-21(2,3)5-4-20-9-19-10(8-15)6-12-13(19)7-11(17)14(16)18-12/h6-7H,4-5,8-9H2,1-3H3. The predicted octanol–water partition coefficient (Wildman–Crippen LogP) is 4.88. The Bertz CT molecular complexity index is 640. The van der Waals surface area contributed by atoms with E-state index in [4.69, 9.17) is 27.9 Å². The van der Waals surface area contributed by atoms with Gasteiger partial charge in [0.15, 0.2) is 11.0 Å². The van der Waals surface area contributed by atoms with Gasteiger partial charge < -0.3 is 9.30 Å². The second kappa shape index (κ2) is 6.65. The van der Waals surface area contributed by atoms with Gasteiger partial charge in [0, 0.05) is 26.4 Å². The number of hydrogen-bond donors (Lipinski definition) is 0. The molecule has 0 spiro atoms. The first-order chi connectivity index (χ1) is 9.81. The summed E-state index contributed by atoms with van der Waals surface area (Å²) in [5.74, 6) is -0.223. The van der Waals surface area contributed by atoms with Crippen molar-refractivity contribution in [3.63, 3.8) is 0 Å². The van der Waals surface area contributed by atoms with Crippen molar-refractivity contribution in [3.8, 4) is 0 Å². The Labute approximate surface area is 135 Å². The molecule has 0 atom stereocenters. The first-order valence-corrected chi connectivity index (χ1v) is 11.4. The minimum atomic E-state index is -1.12. The predicted molar refractivity (Wildman–Crippen MR) is 88.4 cm³/mol. The molecule has 7 heteroatoms. The Hall–Kier alpha value is -0.623. The van der Waals surface area contributed by atoms with Crippen LogP contribution in [0, 0.1) is 5.82 Å². The summed E-state index contributed by atoms with van der Waals surface area (Å²) in [6.07, 6.45) is 0. The minimum Gasteiger partial charge on any atom is -0.361 e. The molecule has 0 aromatic carbocycles. The maximum atomic E-state index is 13.6. The van der Waals surface area contributed by atoms with Crippen molar-refractivity contribution in [1.29, 1.82) is 0 Å². The van der Waals surface area contributed by atoms with Gasteiger partial charge >= 0.3 is 0 Å². The molecule has 0 aliphatic heterocycles. The molecule has 0 saturated heterocycles. The zero-order valence-corrected chi connectivity index (χ0v) is 14.9. The lowest BCUT2D eigenvalue weighted by molar-refractivity contribution is 0.0888. The zero-order valence-electron chi connectivity index (χ0n) is 12.4. The van der Waals surface area contributed by atoms with E-state index in [-0.39, 0.29) is 5.15 Å². The molecule has 0 radical (unpaired) electrons. The summed E-state index contributed by atoms with van der Waals surface area (Å²) in [5.41, 5.74) is 2.13. The van der Waals surface area contributed by atoms with E-state index in [1.807, 2.05) is 10.6 Å². The number of pyridine rings is 1. The van der Waals surface area contributed by atoms with Crippen LogP contribution in [0.5, 0.6) is 0 Å². The van der Waals surface area contributed by atoms with Crippen LogP contribution in [0.3, 0.4) is 0 Å². The van der Waals surface area contributed by atoms with Crippen LogP contribution in [0.15, 0.2) is 12.1 Å². The molecule has 0 aliphatic rings. The number of alkyl halides is 1. The smallest absolute Gasteiger partial charge is 0.165 e. The lowest BCUT2D eigenvalue weighted by Crippen LogP contribution is -2.22. The van der Waals surface area contributed by atoms with Gasteiger partial charge in [-0.3, -0.25) is 0 Å². The molecule has 0 bridgehead atoms. The van der Waals surface area contributed by atoms with Crippen molar-refractivity contribution in [2.75, 3.05) is 6.61 Å². The van der Waals surface area contributed by atoms with Gasteiger partial charge in [0.2, 0.25) is 0 Å². The van der Waals surface area contributed by atoms with Gasteiger partial charge in [0.1, 0.15) is 6.73 Å². The fraction of sp³-hybridized carbons (Fsp3) is 0.500. The van der Waals surface area contributed by atoms with Crippen molar-refractivity contribution in [3.05, 3.63) is 28.8 Å². The third-order valence-corrected chi connectivity index (χ3v) is 5.48. The Kier molecular flexibility index (Phi) is 5.30. The van der Waals surface area contributed by atoms with Crippen LogP contribution >= 0.6 is 23.2 Å². The topological polar surface area (TPSA) is 27.1 Å². The molecule has 0 aliphatic carbocycles. The van der Waals surface area contributed by atoms with Gasteiger partial charge in [-0.15, -0.1) is 11.6 Å². The lowest BCUT2D eigenvalue weighted by atomic mass is 10.4. The van der Waals surface area contributed by atoms with E-state index in [1.54, 1.807) is 0 Å². The molecule has 0 unspecified atom stereocenters. The summed E-state index contributed by atoms with van der Waals surface area (Å²) in [6.45, 7) is 7.94. The Morgan fingerprint density at radius 1 is 1.33 bits per heavy atom. The summed E-state index contributed by atoms with van der Waals surface area (Å²) in [7, 11) is -1.12. The van der Waals surface area contributed by atoms with Crippen LogP contribution in [-0.2, 0) is 17.3 Å². The maximum Gasteiger partial charge on any atom is 0.165 e. The van der Waals surface area contributed by atoms with Gasteiger partial charge in [-0.25, -0.2) is 9.37 Å². The van der Waals surface area contributed by atoms with Crippen molar-refractivity contribution in [2.45, 2.75) is 38.3 Å². The summed E-state index contributed by atoms with van der Waals surface area (Å²) in [6, 6.07) is 4.28. The second-order valence-electron chi connectivity index (χ2n) is 6.21. The molecule has 0 N–H and O–H groups in total. The molecular formula is C14H19Cl2FN2OSi. The molecule has 21 heavy (non-hydrogen) atoms. The van der Waals surface area contributed by atoms with Crippen molar-refractivity contribution >= 4 is 42.3 Å². The number of rotatable bonds is 6. The first-order valence-electron chi connectivity index (χ1n) is 6.80. The average Bonchev–Trinajstić information content (AvgIpc) is 2.71. The molecule has 2 aromatic heterocycles. The molecule has 2 rings (SSSR count). The van der Waals surface area contributed by atoms with E-state index >= 15 is 0 Å². The van der Waals surface area contributed by atoms with E-state index in [0.29, 0.717) is 30.3 Å². The minimum absolute atomic E-state index is 0.125. The van der Waals surface area contributed by atoms with Gasteiger partial charge in [0.05, 0.1) is 16.9 Å². The zero-order chi connectivity index (χ0) is 15.6. The number of hydrogen-bond acceptors (Lipinski definition) is 2. The average molecular weight is 349 g/mol. The molecule has 0 saturated carbocycles. The SMILES string of the molecule is C[Si](C)(C)CCOCn1c(CCl)cc2nc(Cl)c(F)cc21. The van der Waals surface area contributed by atoms with Gasteiger partial charge in [-0.2, -0.15) is 0 Å². The highest BCUT2D eigenvalue weighted by Gasteiger charge is 2.15. The molecule has 0 amide bonds. The van der Waals surface area contributed by atoms with Crippen LogP contribution < -0.4 is 0 Å². The molecule has 0 fully saturated rings. The van der Waals surface area contributed by atoms with Crippen LogP contribution in [0.25, 0.3) is 11.0 Å². The fourth-order valence-corrected chi connectivity index (χ4v) is 3.10. The van der Waals surface area contributed by atoms with Crippen molar-refractivity contribution in [2.24, 2.45) is 0 Å². The van der Waals surface area contributed by atoms with E-state index < -0.39 is 13.9 Å². The second-order valence-corrected chi connectivity index (χ2v) is 12.5. The van der Waals surface area contributed by atoms with Crippen LogP contribution in [-0.4, -0.2) is 24.2 Å². The molecule has 2 heterocycles. The molecular weight excluding hydrogens is 330 g/mol. The summed E-state index contributed by atoms with van der Waals surface area (Å²) < 4.78 is 21.2. The normalized spacial score (nSPS) is 12.3. The number of nitrogens with zero attached hydrogens (tertiary/aromatic N) is 2. The van der Waals surface area contributed by atoms with Crippen LogP contribution in [0.4, 0.5) is 4.39 Å². The Morgan fingerprint density at radius 2 is 2.05 bits per heavy atom. The summed E-state index contributed by atoms with van der Waals surface area (Å²) in [4.78, 5) is 4.03. The monoisotopic (exact) mass is 348 g/mol. The summed E-state index contributed by atoms with van der Waals surface area (Å²) in [5, 5.41) is -0.125. The van der Waals surface area contributed by atoms with E-state index in [0.717, 1.165) is 11.7 Å². The summed E-state index contributed by atoms with van der Waals surface area (Å²) >= 11 is 11.7. The van der Waals surface area contributed by atoms with Gasteiger partial charge in [0.25, 0.3) is 0 Å². The van der Waals surface area contributed by atoms with Crippen LogP contribution in [0.1, 0.15) is 5.69 Å². The highest BCUT2D eigenvalue weighted by atomic mass is 35.5.